The molecule has 0 aliphatic carbocycles. The fourth-order valence-corrected chi connectivity index (χ4v) is 3.93. The molecule has 0 aliphatic heterocycles. The monoisotopic (exact) mass is 376 g/mol. The number of nitrogens with zero attached hydrogens (tertiary/aromatic N) is 6. The maximum Gasteiger partial charge on any atom is 0.348 e. The Labute approximate surface area is 151 Å². The Bertz CT molecular complexity index is 1130. The van der Waals surface area contributed by atoms with E-state index in [2.05, 4.69) is 20.2 Å². The molecular weight excluding hydrogens is 364 g/mol. The normalized spacial score (nSPS) is 11.5. The highest BCUT2D eigenvalue weighted by Crippen LogP contribution is 2.33. The Morgan fingerprint density at radius 1 is 1.40 bits per heavy atom. The lowest BCUT2D eigenvalue weighted by molar-refractivity contribution is 0.0605. The number of esters is 1. The van der Waals surface area contributed by atoms with Crippen LogP contribution in [0.15, 0.2) is 12.5 Å². The lowest BCUT2D eigenvalue weighted by Crippen LogP contribution is -1.99. The number of methoxy groups -OCH3 is 1. The number of rotatable bonds is 3. The van der Waals surface area contributed by atoms with Crippen molar-refractivity contribution in [1.29, 1.82) is 0 Å². The van der Waals surface area contributed by atoms with Gasteiger partial charge in [-0.25, -0.2) is 19.3 Å². The lowest BCUT2D eigenvalue weighted by atomic mass is 10.2. The number of carbonyl (C=O) groups is 1. The second-order valence-electron chi connectivity index (χ2n) is 5.36. The summed E-state index contributed by atoms with van der Waals surface area (Å²) >= 11 is 7.53. The van der Waals surface area contributed by atoms with E-state index < -0.39 is 0 Å². The molecule has 0 aliphatic rings. The fraction of sp³-hybridized carbons (Fsp3) is 0.267. The van der Waals surface area contributed by atoms with Crippen molar-refractivity contribution < 1.29 is 9.53 Å². The zero-order valence-corrected chi connectivity index (χ0v) is 15.2. The Morgan fingerprint density at radius 3 is 2.88 bits per heavy atom. The minimum absolute atomic E-state index is 0.386. The second kappa shape index (κ2) is 5.78. The highest BCUT2D eigenvalue weighted by atomic mass is 35.5. The number of aromatic nitrogens is 6. The molecule has 4 heterocycles. The van der Waals surface area contributed by atoms with Gasteiger partial charge in [0.25, 0.3) is 0 Å². The summed E-state index contributed by atoms with van der Waals surface area (Å²) in [7, 11) is 1.36. The smallest absolute Gasteiger partial charge is 0.348 e. The summed E-state index contributed by atoms with van der Waals surface area (Å²) in [4.78, 5) is 22.1. The Morgan fingerprint density at radius 2 is 2.20 bits per heavy atom. The van der Waals surface area contributed by atoms with E-state index in [0.29, 0.717) is 38.4 Å². The van der Waals surface area contributed by atoms with Crippen LogP contribution in [-0.4, -0.2) is 42.4 Å². The number of carbonyl (C=O) groups excluding carboxylic acids is 1. The molecule has 0 fully saturated rings. The summed E-state index contributed by atoms with van der Waals surface area (Å²) in [6, 6.07) is 0. The van der Waals surface area contributed by atoms with Gasteiger partial charge in [0.15, 0.2) is 11.3 Å². The van der Waals surface area contributed by atoms with Gasteiger partial charge in [0.2, 0.25) is 5.82 Å². The first-order valence-electron chi connectivity index (χ1n) is 7.49. The van der Waals surface area contributed by atoms with E-state index in [1.54, 1.807) is 21.7 Å². The number of fused-ring (bicyclic) bond motifs is 3. The van der Waals surface area contributed by atoms with Gasteiger partial charge in [0, 0.05) is 12.7 Å². The maximum atomic E-state index is 11.9. The number of aryl methyl sites for hydroxylation is 2. The molecule has 4 aromatic rings. The summed E-state index contributed by atoms with van der Waals surface area (Å²) in [6.45, 7) is 4.52. The van der Waals surface area contributed by atoms with Crippen LogP contribution in [0.5, 0.6) is 0 Å². The summed E-state index contributed by atoms with van der Waals surface area (Å²) in [5.74, 6) is 0.0276. The van der Waals surface area contributed by atoms with E-state index in [9.17, 15) is 4.79 Å². The van der Waals surface area contributed by atoms with Crippen molar-refractivity contribution in [2.75, 3.05) is 7.11 Å². The molecular formula is C15H13ClN6O2S. The van der Waals surface area contributed by atoms with Gasteiger partial charge in [0.1, 0.15) is 16.0 Å². The summed E-state index contributed by atoms with van der Waals surface area (Å²) in [5.41, 5.74) is 1.89. The molecule has 0 saturated heterocycles. The van der Waals surface area contributed by atoms with Crippen molar-refractivity contribution >= 4 is 44.8 Å². The Balaban J connectivity index is 1.96. The van der Waals surface area contributed by atoms with E-state index in [-0.39, 0.29) is 5.97 Å². The third kappa shape index (κ3) is 2.38. The molecule has 25 heavy (non-hydrogen) atoms. The minimum Gasteiger partial charge on any atom is -0.465 e. The number of hydrogen-bond acceptors (Lipinski definition) is 7. The van der Waals surface area contributed by atoms with Crippen molar-refractivity contribution in [3.63, 3.8) is 0 Å². The standard InChI is InChI=1S/C15H13ClN6O2S/c1-4-21-5-8(16)10(19-21)12-18-13-9-7(2)11(15(23)24-3)25-14(9)17-6-22(13)20-12/h5-6H,4H2,1-3H3. The molecule has 4 rings (SSSR count). The van der Waals surface area contributed by atoms with Crippen LogP contribution < -0.4 is 0 Å². The van der Waals surface area contributed by atoms with Crippen LogP contribution in [-0.2, 0) is 11.3 Å². The molecule has 0 atom stereocenters. The number of ether oxygens (including phenoxy) is 1. The van der Waals surface area contributed by atoms with E-state index in [1.165, 1.54) is 18.4 Å². The average Bonchev–Trinajstić information content (AvgIpc) is 3.28. The summed E-state index contributed by atoms with van der Waals surface area (Å²) in [5, 5.41) is 10.1. The van der Waals surface area contributed by atoms with Crippen LogP contribution in [0.2, 0.25) is 5.02 Å². The van der Waals surface area contributed by atoms with Crippen LogP contribution in [0.3, 0.4) is 0 Å². The number of hydrogen-bond donors (Lipinski definition) is 0. The van der Waals surface area contributed by atoms with Crippen LogP contribution in [0.25, 0.3) is 27.4 Å². The van der Waals surface area contributed by atoms with E-state index in [4.69, 9.17) is 16.3 Å². The molecule has 10 heteroatoms. The molecule has 0 N–H and O–H groups in total. The molecule has 0 bridgehead atoms. The molecule has 0 saturated carbocycles. The van der Waals surface area contributed by atoms with Gasteiger partial charge in [-0.2, -0.15) is 5.10 Å². The largest absolute Gasteiger partial charge is 0.465 e. The highest BCUT2D eigenvalue weighted by Gasteiger charge is 2.22. The van der Waals surface area contributed by atoms with E-state index in [1.807, 2.05) is 13.8 Å². The molecule has 0 unspecified atom stereocenters. The van der Waals surface area contributed by atoms with E-state index in [0.717, 1.165) is 10.9 Å². The van der Waals surface area contributed by atoms with Gasteiger partial charge in [-0.05, 0) is 19.4 Å². The predicted octanol–water partition coefficient (Wildman–Crippen LogP) is 2.97. The molecule has 8 nitrogen and oxygen atoms in total. The molecule has 0 aromatic carbocycles. The molecule has 0 spiro atoms. The van der Waals surface area contributed by atoms with Crippen LogP contribution >= 0.6 is 22.9 Å². The average molecular weight is 377 g/mol. The first kappa shape index (κ1) is 16.0. The number of halogens is 1. The zero-order chi connectivity index (χ0) is 17.7. The van der Waals surface area contributed by atoms with Crippen molar-refractivity contribution in [1.82, 2.24) is 29.4 Å². The van der Waals surface area contributed by atoms with Crippen LogP contribution in [0.1, 0.15) is 22.2 Å². The van der Waals surface area contributed by atoms with Gasteiger partial charge in [0.05, 0.1) is 17.5 Å². The van der Waals surface area contributed by atoms with Gasteiger partial charge in [-0.3, -0.25) is 4.68 Å². The van der Waals surface area contributed by atoms with Gasteiger partial charge < -0.3 is 4.74 Å². The number of thiophene rings is 1. The van der Waals surface area contributed by atoms with Crippen LogP contribution in [0.4, 0.5) is 0 Å². The van der Waals surface area contributed by atoms with Crippen molar-refractivity contribution in [3.8, 4) is 11.5 Å². The SMILES string of the molecule is CCn1cc(Cl)c(-c2nc3c4c(C)c(C(=O)OC)sc4ncn3n2)n1. The van der Waals surface area contributed by atoms with Crippen molar-refractivity contribution in [3.05, 3.63) is 28.0 Å². The Kier molecular flexibility index (Phi) is 3.69. The third-order valence-electron chi connectivity index (χ3n) is 3.89. The molecule has 128 valence electrons. The molecule has 4 aromatic heterocycles. The topological polar surface area (TPSA) is 87.2 Å². The molecule has 0 amide bonds. The highest BCUT2D eigenvalue weighted by molar-refractivity contribution is 7.20. The van der Waals surface area contributed by atoms with Gasteiger partial charge >= 0.3 is 5.97 Å². The summed E-state index contributed by atoms with van der Waals surface area (Å²) in [6.07, 6.45) is 3.30. The zero-order valence-electron chi connectivity index (χ0n) is 13.6. The quantitative estimate of drug-likeness (QED) is 0.511. The molecule has 0 radical (unpaired) electrons. The van der Waals surface area contributed by atoms with Gasteiger partial charge in [-0.1, -0.05) is 11.6 Å². The second-order valence-corrected chi connectivity index (χ2v) is 6.76. The van der Waals surface area contributed by atoms with Crippen molar-refractivity contribution in [2.45, 2.75) is 20.4 Å². The van der Waals surface area contributed by atoms with E-state index >= 15 is 0 Å². The fourth-order valence-electron chi connectivity index (χ4n) is 2.63. The first-order chi connectivity index (χ1) is 12.0. The van der Waals surface area contributed by atoms with Crippen molar-refractivity contribution in [2.24, 2.45) is 0 Å². The summed E-state index contributed by atoms with van der Waals surface area (Å²) < 4.78 is 8.13. The van der Waals surface area contributed by atoms with Crippen LogP contribution in [0, 0.1) is 6.92 Å². The third-order valence-corrected chi connectivity index (χ3v) is 5.35. The minimum atomic E-state index is -0.386. The first-order valence-corrected chi connectivity index (χ1v) is 8.69. The maximum absolute atomic E-state index is 11.9. The predicted molar refractivity (Wildman–Crippen MR) is 94.1 cm³/mol. The van der Waals surface area contributed by atoms with Gasteiger partial charge in [-0.15, -0.1) is 16.4 Å². The lowest BCUT2D eigenvalue weighted by Gasteiger charge is -1.96. The Hall–Kier alpha value is -2.52.